The average molecular weight is 304 g/mol. The van der Waals surface area contributed by atoms with Crippen LogP contribution in [0.4, 0.5) is 0 Å². The van der Waals surface area contributed by atoms with Crippen molar-refractivity contribution in [2.75, 3.05) is 6.54 Å². The maximum absolute atomic E-state index is 11.1. The van der Waals surface area contributed by atoms with Gasteiger partial charge in [0.2, 0.25) is 0 Å². The Bertz CT molecular complexity index is 558. The van der Waals surface area contributed by atoms with Crippen molar-refractivity contribution in [3.8, 4) is 5.75 Å². The van der Waals surface area contributed by atoms with Gasteiger partial charge in [0, 0.05) is 26.4 Å². The summed E-state index contributed by atoms with van der Waals surface area (Å²) >= 11 is 0. The van der Waals surface area contributed by atoms with Crippen LogP contribution in [-0.2, 0) is 16.2 Å². The summed E-state index contributed by atoms with van der Waals surface area (Å²) in [7, 11) is 0. The van der Waals surface area contributed by atoms with Crippen LogP contribution in [-0.4, -0.2) is 24.3 Å². The molecule has 120 valence electrons. The van der Waals surface area contributed by atoms with Crippen LogP contribution in [0.5, 0.6) is 5.75 Å². The number of nitrogens with zero attached hydrogens (tertiary/aromatic N) is 1. The summed E-state index contributed by atoms with van der Waals surface area (Å²) in [4.78, 5) is 16.5. The van der Waals surface area contributed by atoms with Gasteiger partial charge in [-0.15, -0.1) is 0 Å². The summed E-state index contributed by atoms with van der Waals surface area (Å²) in [6.45, 7) is 8.95. The SMILES string of the molecule is CCC1=NO[C@H](CNCc2cc(C)c(OC(C)=O)c(C)c2)C1. The van der Waals surface area contributed by atoms with E-state index in [9.17, 15) is 4.79 Å². The number of rotatable bonds is 6. The van der Waals surface area contributed by atoms with Gasteiger partial charge in [-0.2, -0.15) is 0 Å². The highest BCUT2D eigenvalue weighted by molar-refractivity contribution is 5.85. The van der Waals surface area contributed by atoms with Crippen LogP contribution in [0.25, 0.3) is 0 Å². The van der Waals surface area contributed by atoms with E-state index in [-0.39, 0.29) is 12.1 Å². The lowest BCUT2D eigenvalue weighted by Crippen LogP contribution is -2.26. The molecule has 0 bridgehead atoms. The van der Waals surface area contributed by atoms with Crippen LogP contribution >= 0.6 is 0 Å². The molecule has 22 heavy (non-hydrogen) atoms. The fourth-order valence-electron chi connectivity index (χ4n) is 2.63. The molecule has 0 radical (unpaired) electrons. The second-order valence-electron chi connectivity index (χ2n) is 5.73. The fourth-order valence-corrected chi connectivity index (χ4v) is 2.63. The molecule has 0 fully saturated rings. The van der Waals surface area contributed by atoms with E-state index in [4.69, 9.17) is 9.57 Å². The van der Waals surface area contributed by atoms with Crippen LogP contribution in [0, 0.1) is 13.8 Å². The molecule has 1 N–H and O–H groups in total. The van der Waals surface area contributed by atoms with Gasteiger partial charge in [0.25, 0.3) is 0 Å². The third-order valence-electron chi connectivity index (χ3n) is 3.67. The number of nitrogens with one attached hydrogen (secondary N) is 1. The zero-order valence-corrected chi connectivity index (χ0v) is 13.7. The molecule has 1 heterocycles. The highest BCUT2D eigenvalue weighted by atomic mass is 16.6. The Morgan fingerprint density at radius 2 is 2.09 bits per heavy atom. The summed E-state index contributed by atoms with van der Waals surface area (Å²) in [6.07, 6.45) is 2.00. The van der Waals surface area contributed by atoms with Crippen LogP contribution in [0.3, 0.4) is 0 Å². The van der Waals surface area contributed by atoms with E-state index in [1.165, 1.54) is 12.5 Å². The van der Waals surface area contributed by atoms with Gasteiger partial charge in [0.1, 0.15) is 11.9 Å². The summed E-state index contributed by atoms with van der Waals surface area (Å²) < 4.78 is 5.25. The minimum absolute atomic E-state index is 0.137. The fraction of sp³-hybridized carbons (Fsp3) is 0.529. The van der Waals surface area contributed by atoms with Gasteiger partial charge in [-0.05, 0) is 37.0 Å². The van der Waals surface area contributed by atoms with Gasteiger partial charge >= 0.3 is 5.97 Å². The summed E-state index contributed by atoms with van der Waals surface area (Å²) in [5.41, 5.74) is 4.24. The molecule has 1 aromatic carbocycles. The Balaban J connectivity index is 1.87. The molecular formula is C17H24N2O3. The normalized spacial score (nSPS) is 17.1. The highest BCUT2D eigenvalue weighted by Gasteiger charge is 2.19. The van der Waals surface area contributed by atoms with E-state index in [0.717, 1.165) is 42.8 Å². The van der Waals surface area contributed by atoms with Gasteiger partial charge in [-0.3, -0.25) is 4.79 Å². The topological polar surface area (TPSA) is 59.9 Å². The summed E-state index contributed by atoms with van der Waals surface area (Å²) in [5.74, 6) is 0.374. The van der Waals surface area contributed by atoms with Crippen LogP contribution < -0.4 is 10.1 Å². The molecule has 0 spiro atoms. The lowest BCUT2D eigenvalue weighted by Gasteiger charge is -2.13. The Morgan fingerprint density at radius 3 is 2.64 bits per heavy atom. The van der Waals surface area contributed by atoms with Crippen LogP contribution in [0.1, 0.15) is 43.4 Å². The summed E-state index contributed by atoms with van der Waals surface area (Å²) in [6, 6.07) is 4.09. The van der Waals surface area contributed by atoms with Crippen molar-refractivity contribution in [3.05, 3.63) is 28.8 Å². The lowest BCUT2D eigenvalue weighted by molar-refractivity contribution is -0.131. The number of aryl methyl sites for hydroxylation is 2. The molecule has 5 heteroatoms. The van der Waals surface area contributed by atoms with Crippen molar-refractivity contribution in [1.29, 1.82) is 0 Å². The van der Waals surface area contributed by atoms with Crippen molar-refractivity contribution in [1.82, 2.24) is 5.32 Å². The number of carbonyl (C=O) groups excluding carboxylic acids is 1. The van der Waals surface area contributed by atoms with E-state index in [1.54, 1.807) is 0 Å². The molecular weight excluding hydrogens is 280 g/mol. The molecule has 0 amide bonds. The summed E-state index contributed by atoms with van der Waals surface area (Å²) in [5, 5.41) is 7.45. The monoisotopic (exact) mass is 304 g/mol. The number of esters is 1. The molecule has 5 nitrogen and oxygen atoms in total. The van der Waals surface area contributed by atoms with Crippen molar-refractivity contribution < 1.29 is 14.4 Å². The first-order valence-corrected chi connectivity index (χ1v) is 7.70. The quantitative estimate of drug-likeness (QED) is 0.648. The van der Waals surface area contributed by atoms with Crippen molar-refractivity contribution in [2.45, 2.75) is 53.2 Å². The van der Waals surface area contributed by atoms with Crippen molar-refractivity contribution in [2.24, 2.45) is 5.16 Å². The Labute approximate surface area is 131 Å². The Morgan fingerprint density at radius 1 is 1.41 bits per heavy atom. The molecule has 0 unspecified atom stereocenters. The van der Waals surface area contributed by atoms with E-state index < -0.39 is 0 Å². The number of benzene rings is 1. The van der Waals surface area contributed by atoms with E-state index in [1.807, 2.05) is 26.0 Å². The first kappa shape index (κ1) is 16.5. The number of carbonyl (C=O) groups is 1. The van der Waals surface area contributed by atoms with E-state index in [0.29, 0.717) is 5.75 Å². The van der Waals surface area contributed by atoms with Crippen LogP contribution in [0.2, 0.25) is 0 Å². The third kappa shape index (κ3) is 4.31. The lowest BCUT2D eigenvalue weighted by atomic mass is 10.1. The molecule has 0 saturated heterocycles. The number of hydrogen-bond donors (Lipinski definition) is 1. The first-order valence-electron chi connectivity index (χ1n) is 7.70. The standard InChI is InChI=1S/C17H24N2O3/c1-5-15-8-16(22-19-15)10-18-9-14-6-11(2)17(12(3)7-14)21-13(4)20/h6-7,16,18H,5,8-10H2,1-4H3/t16-/m0/s1. The second kappa shape index (κ2) is 7.40. The molecule has 0 aliphatic carbocycles. The Kier molecular flexibility index (Phi) is 5.55. The Hall–Kier alpha value is -1.88. The zero-order chi connectivity index (χ0) is 16.1. The molecule has 0 saturated carbocycles. The zero-order valence-electron chi connectivity index (χ0n) is 13.7. The average Bonchev–Trinajstić information content (AvgIpc) is 2.91. The predicted octanol–water partition coefficient (Wildman–Crippen LogP) is 2.87. The highest BCUT2D eigenvalue weighted by Crippen LogP contribution is 2.25. The molecule has 1 aliphatic heterocycles. The molecule has 0 aromatic heterocycles. The van der Waals surface area contributed by atoms with Gasteiger partial charge < -0.3 is 14.9 Å². The minimum Gasteiger partial charge on any atom is -0.426 e. The van der Waals surface area contributed by atoms with E-state index >= 15 is 0 Å². The van der Waals surface area contributed by atoms with Crippen LogP contribution in [0.15, 0.2) is 17.3 Å². The number of oxime groups is 1. The van der Waals surface area contributed by atoms with Gasteiger partial charge in [-0.25, -0.2) is 0 Å². The predicted molar refractivity (Wildman–Crippen MR) is 86.1 cm³/mol. The van der Waals surface area contributed by atoms with Gasteiger partial charge in [0.05, 0.1) is 5.71 Å². The number of ether oxygens (including phenoxy) is 1. The number of hydrogen-bond acceptors (Lipinski definition) is 5. The molecule has 1 atom stereocenters. The van der Waals surface area contributed by atoms with Gasteiger partial charge in [-0.1, -0.05) is 24.2 Å². The smallest absolute Gasteiger partial charge is 0.308 e. The molecule has 2 rings (SSSR count). The second-order valence-corrected chi connectivity index (χ2v) is 5.73. The van der Waals surface area contributed by atoms with Crippen molar-refractivity contribution >= 4 is 11.7 Å². The first-order chi connectivity index (χ1) is 10.5. The maximum Gasteiger partial charge on any atom is 0.308 e. The van der Waals surface area contributed by atoms with Gasteiger partial charge in [0.15, 0.2) is 0 Å². The van der Waals surface area contributed by atoms with E-state index in [2.05, 4.69) is 17.4 Å². The van der Waals surface area contributed by atoms with Crippen molar-refractivity contribution in [3.63, 3.8) is 0 Å². The molecule has 1 aliphatic rings. The third-order valence-corrected chi connectivity index (χ3v) is 3.67. The minimum atomic E-state index is -0.290. The largest absolute Gasteiger partial charge is 0.426 e. The maximum atomic E-state index is 11.1. The molecule has 1 aromatic rings.